The third kappa shape index (κ3) is 4.47. The van der Waals surface area contributed by atoms with E-state index in [0.717, 1.165) is 11.3 Å². The molecule has 0 aromatic heterocycles. The smallest absolute Gasteiger partial charge is 0.409 e. The van der Waals surface area contributed by atoms with Gasteiger partial charge in [0.1, 0.15) is 5.75 Å². The number of hydrogen-bond donors (Lipinski definition) is 0. The molecule has 2 aromatic rings. The summed E-state index contributed by atoms with van der Waals surface area (Å²) in [6.45, 7) is 4.40. The van der Waals surface area contributed by atoms with Crippen molar-refractivity contribution in [2.75, 3.05) is 44.3 Å². The van der Waals surface area contributed by atoms with E-state index in [1.165, 1.54) is 0 Å². The van der Waals surface area contributed by atoms with Gasteiger partial charge in [-0.2, -0.15) is 0 Å². The monoisotopic (exact) mass is 423 g/mol. The minimum atomic E-state index is -0.335. The van der Waals surface area contributed by atoms with Crippen molar-refractivity contribution in [2.24, 2.45) is 0 Å². The quantitative estimate of drug-likeness (QED) is 0.755. The number of fused-ring (bicyclic) bond motifs is 1. The van der Waals surface area contributed by atoms with Gasteiger partial charge in [-0.05, 0) is 36.8 Å². The molecule has 0 unspecified atom stereocenters. The van der Waals surface area contributed by atoms with Gasteiger partial charge in [-0.3, -0.25) is 9.59 Å². The van der Waals surface area contributed by atoms with Crippen LogP contribution in [0.25, 0.3) is 0 Å². The molecule has 2 aliphatic heterocycles. The average molecular weight is 423 g/mol. The summed E-state index contributed by atoms with van der Waals surface area (Å²) in [5.41, 5.74) is 2.26. The summed E-state index contributed by atoms with van der Waals surface area (Å²) in [6.07, 6.45) is -0.335. The summed E-state index contributed by atoms with van der Waals surface area (Å²) in [4.78, 5) is 42.1. The highest BCUT2D eigenvalue weighted by atomic mass is 16.6. The predicted molar refractivity (Wildman–Crippen MR) is 114 cm³/mol. The minimum Gasteiger partial charge on any atom is -0.482 e. The second-order valence-electron chi connectivity index (χ2n) is 7.41. The van der Waals surface area contributed by atoms with Gasteiger partial charge >= 0.3 is 6.09 Å². The molecule has 4 rings (SSSR count). The summed E-state index contributed by atoms with van der Waals surface area (Å²) in [5.74, 6) is 0.525. The number of carbonyl (C=O) groups excluding carboxylic acids is 3. The molecule has 2 aromatic carbocycles. The molecule has 0 radical (unpaired) electrons. The molecule has 0 aliphatic carbocycles. The molecular formula is C23H25N3O5. The molecule has 8 heteroatoms. The molecule has 3 amide bonds. The van der Waals surface area contributed by atoms with Gasteiger partial charge < -0.3 is 24.2 Å². The summed E-state index contributed by atoms with van der Waals surface area (Å²) in [5, 5.41) is 0. The predicted octanol–water partition coefficient (Wildman–Crippen LogP) is 2.53. The van der Waals surface area contributed by atoms with Crippen molar-refractivity contribution in [3.63, 3.8) is 0 Å². The molecular weight excluding hydrogens is 398 g/mol. The number of anilines is 1. The number of nitrogens with zero attached hydrogens (tertiary/aromatic N) is 3. The van der Waals surface area contributed by atoms with Gasteiger partial charge in [0.15, 0.2) is 6.61 Å². The maximum Gasteiger partial charge on any atom is 0.409 e. The first-order chi connectivity index (χ1) is 15.1. The van der Waals surface area contributed by atoms with E-state index in [9.17, 15) is 14.4 Å². The van der Waals surface area contributed by atoms with Crippen LogP contribution in [0.4, 0.5) is 10.5 Å². The van der Waals surface area contributed by atoms with E-state index < -0.39 is 0 Å². The molecule has 2 aliphatic rings. The lowest BCUT2D eigenvalue weighted by Crippen LogP contribution is -2.50. The Morgan fingerprint density at radius 3 is 2.35 bits per heavy atom. The molecule has 0 bridgehead atoms. The van der Waals surface area contributed by atoms with E-state index >= 15 is 0 Å². The largest absolute Gasteiger partial charge is 0.482 e. The highest BCUT2D eigenvalue weighted by molar-refractivity contribution is 5.98. The lowest BCUT2D eigenvalue weighted by atomic mass is 10.1. The zero-order valence-electron chi connectivity index (χ0n) is 17.5. The average Bonchev–Trinajstić information content (AvgIpc) is 2.81. The maximum absolute atomic E-state index is 12.8. The standard InChI is InChI=1S/C23H25N3O5/c1-2-30-23(29)25-13-11-24(12-14-25)22(28)18-9-7-17(8-10-18)15-26-19-5-3-4-6-20(19)31-16-21(26)27/h3-10H,2,11-16H2,1H3. The highest BCUT2D eigenvalue weighted by Crippen LogP contribution is 2.32. The van der Waals surface area contributed by atoms with Crippen LogP contribution in [0.3, 0.4) is 0 Å². The molecule has 0 N–H and O–H groups in total. The van der Waals surface area contributed by atoms with Crippen LogP contribution in [-0.4, -0.2) is 67.1 Å². The fourth-order valence-corrected chi connectivity index (χ4v) is 3.75. The topological polar surface area (TPSA) is 79.4 Å². The number of para-hydroxylation sites is 2. The van der Waals surface area contributed by atoms with Crippen LogP contribution in [0.1, 0.15) is 22.8 Å². The molecule has 1 saturated heterocycles. The number of hydrogen-bond acceptors (Lipinski definition) is 5. The first-order valence-corrected chi connectivity index (χ1v) is 10.4. The van der Waals surface area contributed by atoms with Crippen LogP contribution < -0.4 is 9.64 Å². The van der Waals surface area contributed by atoms with Crippen LogP contribution >= 0.6 is 0 Å². The molecule has 162 valence electrons. The summed E-state index contributed by atoms with van der Waals surface area (Å²) in [7, 11) is 0. The van der Waals surface area contributed by atoms with Gasteiger partial charge in [0.05, 0.1) is 18.8 Å². The number of amides is 3. The molecule has 0 atom stereocenters. The highest BCUT2D eigenvalue weighted by Gasteiger charge is 2.27. The summed E-state index contributed by atoms with van der Waals surface area (Å²) >= 11 is 0. The van der Waals surface area contributed by atoms with E-state index in [4.69, 9.17) is 9.47 Å². The molecule has 2 heterocycles. The number of benzene rings is 2. The second-order valence-corrected chi connectivity index (χ2v) is 7.41. The molecule has 8 nitrogen and oxygen atoms in total. The van der Waals surface area contributed by atoms with E-state index in [-0.39, 0.29) is 24.5 Å². The number of rotatable bonds is 4. The van der Waals surface area contributed by atoms with Crippen LogP contribution in [0.5, 0.6) is 5.75 Å². The van der Waals surface area contributed by atoms with E-state index in [1.807, 2.05) is 36.4 Å². The first-order valence-electron chi connectivity index (χ1n) is 10.4. The van der Waals surface area contributed by atoms with Crippen molar-refractivity contribution in [3.8, 4) is 5.75 Å². The van der Waals surface area contributed by atoms with Crippen molar-refractivity contribution in [3.05, 3.63) is 59.7 Å². The summed E-state index contributed by atoms with van der Waals surface area (Å²) < 4.78 is 10.5. The Hall–Kier alpha value is -3.55. The van der Waals surface area contributed by atoms with E-state index in [0.29, 0.717) is 50.6 Å². The number of carbonyl (C=O) groups is 3. The Morgan fingerprint density at radius 1 is 0.968 bits per heavy atom. The third-order valence-electron chi connectivity index (χ3n) is 5.44. The van der Waals surface area contributed by atoms with E-state index in [1.54, 1.807) is 33.8 Å². The van der Waals surface area contributed by atoms with Crippen LogP contribution in [0.2, 0.25) is 0 Å². The summed E-state index contributed by atoms with van der Waals surface area (Å²) in [6, 6.07) is 14.8. The maximum atomic E-state index is 12.8. The van der Waals surface area contributed by atoms with Crippen molar-refractivity contribution >= 4 is 23.6 Å². The number of piperazine rings is 1. The molecule has 0 spiro atoms. The Kier molecular flexibility index (Phi) is 6.06. The number of ether oxygens (including phenoxy) is 2. The molecule has 0 saturated carbocycles. The fourth-order valence-electron chi connectivity index (χ4n) is 3.75. The van der Waals surface area contributed by atoms with Crippen molar-refractivity contribution in [1.29, 1.82) is 0 Å². The van der Waals surface area contributed by atoms with Crippen LogP contribution in [-0.2, 0) is 16.1 Å². The zero-order chi connectivity index (χ0) is 21.8. The zero-order valence-corrected chi connectivity index (χ0v) is 17.5. The first kappa shape index (κ1) is 20.7. The Labute approximate surface area is 180 Å². The van der Waals surface area contributed by atoms with Gasteiger partial charge in [-0.15, -0.1) is 0 Å². The minimum absolute atomic E-state index is 0.0192. The molecule has 1 fully saturated rings. The third-order valence-corrected chi connectivity index (χ3v) is 5.44. The van der Waals surface area contributed by atoms with Crippen LogP contribution in [0, 0.1) is 0 Å². The SMILES string of the molecule is CCOC(=O)N1CCN(C(=O)c2ccc(CN3C(=O)COc4ccccc43)cc2)CC1. The van der Waals surface area contributed by atoms with E-state index in [2.05, 4.69) is 0 Å². The fraction of sp³-hybridized carbons (Fsp3) is 0.348. The lowest BCUT2D eigenvalue weighted by molar-refractivity contribution is -0.121. The Balaban J connectivity index is 1.38. The van der Waals surface area contributed by atoms with Crippen molar-refractivity contribution < 1.29 is 23.9 Å². The van der Waals surface area contributed by atoms with Gasteiger partial charge in [0.25, 0.3) is 11.8 Å². The van der Waals surface area contributed by atoms with Crippen molar-refractivity contribution in [1.82, 2.24) is 9.80 Å². The van der Waals surface area contributed by atoms with Gasteiger partial charge in [0, 0.05) is 31.7 Å². The van der Waals surface area contributed by atoms with Crippen LogP contribution in [0.15, 0.2) is 48.5 Å². The second kappa shape index (κ2) is 9.07. The Bertz CT molecular complexity index is 967. The van der Waals surface area contributed by atoms with Gasteiger partial charge in [-0.25, -0.2) is 4.79 Å². The lowest BCUT2D eigenvalue weighted by Gasteiger charge is -2.34. The molecule has 31 heavy (non-hydrogen) atoms. The normalized spacial score (nSPS) is 15.9. The van der Waals surface area contributed by atoms with Crippen molar-refractivity contribution in [2.45, 2.75) is 13.5 Å². The van der Waals surface area contributed by atoms with Gasteiger partial charge in [-0.1, -0.05) is 24.3 Å². The van der Waals surface area contributed by atoms with Gasteiger partial charge in [0.2, 0.25) is 0 Å². The Morgan fingerprint density at radius 2 is 1.65 bits per heavy atom.